The van der Waals surface area contributed by atoms with E-state index in [1.807, 2.05) is 4.72 Å². The van der Waals surface area contributed by atoms with E-state index in [9.17, 15) is 13.2 Å². The molecule has 1 aromatic rings. The first-order valence-electron chi connectivity index (χ1n) is 6.69. The molecule has 1 aromatic carbocycles. The van der Waals surface area contributed by atoms with Crippen molar-refractivity contribution in [1.82, 2.24) is 4.72 Å². The number of amides is 1. The van der Waals surface area contributed by atoms with Crippen LogP contribution in [0.15, 0.2) is 24.3 Å². The van der Waals surface area contributed by atoms with Gasteiger partial charge in [0.05, 0.1) is 12.9 Å². The highest BCUT2D eigenvalue weighted by atomic mass is 32.2. The Morgan fingerprint density at radius 2 is 1.85 bits per heavy atom. The zero-order valence-electron chi connectivity index (χ0n) is 11.5. The molecule has 0 radical (unpaired) electrons. The summed E-state index contributed by atoms with van der Waals surface area (Å²) < 4.78 is 29.5. The van der Waals surface area contributed by atoms with E-state index in [1.54, 1.807) is 24.3 Å². The highest BCUT2D eigenvalue weighted by molar-refractivity contribution is 7.89. The smallest absolute Gasteiger partial charge is 0.264 e. The normalized spacial score (nSPS) is 16.1. The third-order valence-electron chi connectivity index (χ3n) is 3.36. The summed E-state index contributed by atoms with van der Waals surface area (Å²) in [6, 6.07) is 6.49. The minimum absolute atomic E-state index is 0.295. The molecular formula is C14H19NO4S. The van der Waals surface area contributed by atoms with E-state index in [1.165, 1.54) is 25.7 Å². The van der Waals surface area contributed by atoms with Crippen LogP contribution in [0.5, 0.6) is 5.75 Å². The van der Waals surface area contributed by atoms with E-state index >= 15 is 0 Å². The van der Waals surface area contributed by atoms with Gasteiger partial charge in [0.25, 0.3) is 5.91 Å². The van der Waals surface area contributed by atoms with E-state index in [0.29, 0.717) is 23.8 Å². The molecule has 0 aromatic heterocycles. The largest absolute Gasteiger partial charge is 0.493 e. The van der Waals surface area contributed by atoms with E-state index in [2.05, 4.69) is 0 Å². The molecule has 1 fully saturated rings. The lowest BCUT2D eigenvalue weighted by Crippen LogP contribution is -2.29. The molecule has 1 aliphatic rings. The van der Waals surface area contributed by atoms with Crippen molar-refractivity contribution in [3.63, 3.8) is 0 Å². The van der Waals surface area contributed by atoms with Crippen LogP contribution >= 0.6 is 0 Å². The van der Waals surface area contributed by atoms with E-state index < -0.39 is 15.9 Å². The fourth-order valence-corrected chi connectivity index (χ4v) is 2.78. The molecule has 0 spiro atoms. The molecule has 0 heterocycles. The molecule has 5 nitrogen and oxygen atoms in total. The Morgan fingerprint density at radius 3 is 2.40 bits per heavy atom. The van der Waals surface area contributed by atoms with Crippen molar-refractivity contribution in [2.24, 2.45) is 5.92 Å². The van der Waals surface area contributed by atoms with Crippen molar-refractivity contribution in [2.45, 2.75) is 25.7 Å². The summed E-state index contributed by atoms with van der Waals surface area (Å²) in [6.45, 7) is 0.703. The first kappa shape index (κ1) is 14.8. The summed E-state index contributed by atoms with van der Waals surface area (Å²) in [5.74, 6) is 0.700. The van der Waals surface area contributed by atoms with Crippen molar-refractivity contribution in [1.29, 1.82) is 0 Å². The molecule has 0 unspecified atom stereocenters. The predicted molar refractivity (Wildman–Crippen MR) is 76.2 cm³/mol. The maximum atomic E-state index is 11.6. The van der Waals surface area contributed by atoms with Gasteiger partial charge in [0.15, 0.2) is 0 Å². The Morgan fingerprint density at radius 1 is 1.25 bits per heavy atom. The Kier molecular flexibility index (Phi) is 4.65. The van der Waals surface area contributed by atoms with Crippen LogP contribution in [0.4, 0.5) is 0 Å². The molecule has 0 bridgehead atoms. The first-order valence-corrected chi connectivity index (χ1v) is 8.58. The van der Waals surface area contributed by atoms with Crippen LogP contribution in [-0.2, 0) is 10.0 Å². The number of ether oxygens (including phenoxy) is 1. The number of hydrogen-bond acceptors (Lipinski definition) is 4. The average molecular weight is 297 g/mol. The van der Waals surface area contributed by atoms with Gasteiger partial charge >= 0.3 is 0 Å². The van der Waals surface area contributed by atoms with Crippen LogP contribution in [0.1, 0.15) is 36.0 Å². The van der Waals surface area contributed by atoms with Gasteiger partial charge in [-0.25, -0.2) is 13.1 Å². The predicted octanol–water partition coefficient (Wildman–Crippen LogP) is 1.94. The molecule has 0 aliphatic heterocycles. The maximum Gasteiger partial charge on any atom is 0.264 e. The van der Waals surface area contributed by atoms with Gasteiger partial charge in [-0.1, -0.05) is 12.8 Å². The molecule has 110 valence electrons. The number of carbonyl (C=O) groups is 1. The van der Waals surface area contributed by atoms with Gasteiger partial charge in [0.1, 0.15) is 5.75 Å². The lowest BCUT2D eigenvalue weighted by atomic mass is 10.1. The van der Waals surface area contributed by atoms with Crippen LogP contribution in [0.2, 0.25) is 0 Å². The summed E-state index contributed by atoms with van der Waals surface area (Å²) in [6.07, 6.45) is 5.94. The fraction of sp³-hybridized carbons (Fsp3) is 0.500. The molecule has 1 N–H and O–H groups in total. The van der Waals surface area contributed by atoms with Crippen molar-refractivity contribution < 1.29 is 17.9 Å². The molecule has 1 amide bonds. The lowest BCUT2D eigenvalue weighted by molar-refractivity contribution is 0.0981. The lowest BCUT2D eigenvalue weighted by Gasteiger charge is -2.11. The Hall–Kier alpha value is -1.56. The van der Waals surface area contributed by atoms with Gasteiger partial charge in [-0.3, -0.25) is 4.79 Å². The first-order chi connectivity index (χ1) is 9.44. The monoisotopic (exact) mass is 297 g/mol. The minimum atomic E-state index is -3.53. The number of hydrogen-bond donors (Lipinski definition) is 1. The van der Waals surface area contributed by atoms with Crippen LogP contribution in [0.3, 0.4) is 0 Å². The van der Waals surface area contributed by atoms with Gasteiger partial charge in [0.2, 0.25) is 10.0 Å². The average Bonchev–Trinajstić information content (AvgIpc) is 2.88. The zero-order chi connectivity index (χ0) is 14.6. The van der Waals surface area contributed by atoms with Gasteiger partial charge in [-0.2, -0.15) is 0 Å². The van der Waals surface area contributed by atoms with Crippen LogP contribution in [0, 0.1) is 5.92 Å². The van der Waals surface area contributed by atoms with Gasteiger partial charge < -0.3 is 4.74 Å². The molecule has 0 saturated heterocycles. The molecular weight excluding hydrogens is 278 g/mol. The number of rotatable bonds is 5. The second-order valence-electron chi connectivity index (χ2n) is 5.19. The standard InChI is InChI=1S/C14H19NO4S/c1-20(17,18)15-14(16)12-6-8-13(9-7-12)19-10-11-4-2-3-5-11/h6-9,11H,2-5,10H2,1H3,(H,15,16). The third kappa shape index (κ3) is 4.52. The van der Waals surface area contributed by atoms with Crippen molar-refractivity contribution >= 4 is 15.9 Å². The summed E-state index contributed by atoms with van der Waals surface area (Å²) in [4.78, 5) is 11.6. The number of benzene rings is 1. The topological polar surface area (TPSA) is 72.5 Å². The Bertz CT molecular complexity index is 559. The SMILES string of the molecule is CS(=O)(=O)NC(=O)c1ccc(OCC2CCCC2)cc1. The van der Waals surface area contributed by atoms with Crippen molar-refractivity contribution in [2.75, 3.05) is 12.9 Å². The molecule has 6 heteroatoms. The number of nitrogens with one attached hydrogen (secondary N) is 1. The second-order valence-corrected chi connectivity index (χ2v) is 6.94. The third-order valence-corrected chi connectivity index (χ3v) is 3.91. The van der Waals surface area contributed by atoms with Crippen molar-refractivity contribution in [3.05, 3.63) is 29.8 Å². The summed E-state index contributed by atoms with van der Waals surface area (Å²) in [5, 5.41) is 0. The van der Waals surface area contributed by atoms with E-state index in [-0.39, 0.29) is 0 Å². The van der Waals surface area contributed by atoms with Gasteiger partial charge in [-0.05, 0) is 43.0 Å². The fourth-order valence-electron chi connectivity index (χ4n) is 2.32. The summed E-state index contributed by atoms with van der Waals surface area (Å²) in [7, 11) is -3.53. The maximum absolute atomic E-state index is 11.6. The molecule has 20 heavy (non-hydrogen) atoms. The van der Waals surface area contributed by atoms with E-state index in [4.69, 9.17) is 4.74 Å². The summed E-state index contributed by atoms with van der Waals surface area (Å²) in [5.41, 5.74) is 0.295. The van der Waals surface area contributed by atoms with Gasteiger partial charge in [0, 0.05) is 5.56 Å². The van der Waals surface area contributed by atoms with E-state index in [0.717, 1.165) is 6.26 Å². The molecule has 1 saturated carbocycles. The molecule has 0 atom stereocenters. The quantitative estimate of drug-likeness (QED) is 0.901. The zero-order valence-corrected chi connectivity index (χ0v) is 12.3. The second kappa shape index (κ2) is 6.26. The molecule has 1 aliphatic carbocycles. The van der Waals surface area contributed by atoms with Crippen LogP contribution < -0.4 is 9.46 Å². The molecule has 2 rings (SSSR count). The van der Waals surface area contributed by atoms with Crippen molar-refractivity contribution in [3.8, 4) is 5.75 Å². The Labute approximate surface area is 119 Å². The Balaban J connectivity index is 1.90. The highest BCUT2D eigenvalue weighted by Crippen LogP contribution is 2.25. The number of sulfonamides is 1. The highest BCUT2D eigenvalue weighted by Gasteiger charge is 2.15. The van der Waals surface area contributed by atoms with Crippen LogP contribution in [0.25, 0.3) is 0 Å². The minimum Gasteiger partial charge on any atom is -0.493 e. The summed E-state index contributed by atoms with van der Waals surface area (Å²) >= 11 is 0. The number of carbonyl (C=O) groups excluding carboxylic acids is 1. The van der Waals surface area contributed by atoms with Crippen LogP contribution in [-0.4, -0.2) is 27.2 Å². The van der Waals surface area contributed by atoms with Gasteiger partial charge in [-0.15, -0.1) is 0 Å².